The van der Waals surface area contributed by atoms with Crippen molar-refractivity contribution >= 4 is 0 Å². The van der Waals surface area contributed by atoms with Gasteiger partial charge in [0.2, 0.25) is 0 Å². The summed E-state index contributed by atoms with van der Waals surface area (Å²) < 4.78 is 1.99. The maximum absolute atomic E-state index is 4.36. The molecule has 2 aromatic rings. The van der Waals surface area contributed by atoms with Gasteiger partial charge in [-0.15, -0.1) is 0 Å². The molecule has 1 unspecified atom stereocenters. The second-order valence-electron chi connectivity index (χ2n) is 4.38. The molecule has 0 saturated carbocycles. The zero-order chi connectivity index (χ0) is 11.5. The molecule has 3 heterocycles. The number of hydrogen-bond acceptors (Lipinski definition) is 4. The zero-order valence-electron chi connectivity index (χ0n) is 9.58. The smallest absolute Gasteiger partial charge is 0.162 e. The van der Waals surface area contributed by atoms with Gasteiger partial charge in [-0.2, -0.15) is 5.10 Å². The fraction of sp³-hybridized carbons (Fsp3) is 0.417. The van der Waals surface area contributed by atoms with Crippen LogP contribution < -0.4 is 5.32 Å². The number of hydrogen-bond donors (Lipinski definition) is 1. The fourth-order valence-electron chi connectivity index (χ4n) is 2.16. The van der Waals surface area contributed by atoms with Crippen LogP contribution in [0.5, 0.6) is 0 Å². The molecule has 5 nitrogen and oxygen atoms in total. The highest BCUT2D eigenvalue weighted by Gasteiger charge is 2.15. The summed E-state index contributed by atoms with van der Waals surface area (Å²) in [6, 6.07) is 1.82. The number of aromatic nitrogens is 4. The second kappa shape index (κ2) is 4.63. The molecule has 0 aromatic carbocycles. The van der Waals surface area contributed by atoms with Crippen LogP contribution in [-0.2, 0) is 6.54 Å². The molecule has 0 radical (unpaired) electrons. The molecule has 0 aliphatic carbocycles. The van der Waals surface area contributed by atoms with Gasteiger partial charge in [0.25, 0.3) is 0 Å². The monoisotopic (exact) mass is 229 g/mol. The fourth-order valence-corrected chi connectivity index (χ4v) is 2.16. The molecule has 17 heavy (non-hydrogen) atoms. The van der Waals surface area contributed by atoms with E-state index in [0.717, 1.165) is 31.0 Å². The van der Waals surface area contributed by atoms with Crippen molar-refractivity contribution in [3.8, 4) is 11.4 Å². The first-order chi connectivity index (χ1) is 8.42. The number of nitrogens with one attached hydrogen (secondary N) is 1. The van der Waals surface area contributed by atoms with Gasteiger partial charge in [-0.1, -0.05) is 0 Å². The lowest BCUT2D eigenvalue weighted by Crippen LogP contribution is -2.14. The standard InChI is InChI=1S/C12H15N5/c1-3-14-12(15-4-1)11-7-16-17(9-11)8-10-2-5-13-6-10/h1,3-4,7,9-10,13H,2,5-6,8H2. The Hall–Kier alpha value is -1.75. The molecule has 0 amide bonds. The van der Waals surface area contributed by atoms with Gasteiger partial charge < -0.3 is 5.32 Å². The van der Waals surface area contributed by atoms with Gasteiger partial charge in [-0.05, 0) is 31.5 Å². The summed E-state index contributed by atoms with van der Waals surface area (Å²) >= 11 is 0. The van der Waals surface area contributed by atoms with Crippen molar-refractivity contribution in [2.45, 2.75) is 13.0 Å². The predicted molar refractivity (Wildman–Crippen MR) is 64.2 cm³/mol. The van der Waals surface area contributed by atoms with E-state index in [2.05, 4.69) is 20.4 Å². The largest absolute Gasteiger partial charge is 0.316 e. The van der Waals surface area contributed by atoms with E-state index in [-0.39, 0.29) is 0 Å². The molecule has 1 aliphatic rings. The van der Waals surface area contributed by atoms with Crippen molar-refractivity contribution in [3.05, 3.63) is 30.9 Å². The van der Waals surface area contributed by atoms with Crippen LogP contribution in [0.1, 0.15) is 6.42 Å². The Balaban J connectivity index is 1.74. The molecule has 0 bridgehead atoms. The summed E-state index contributed by atoms with van der Waals surface area (Å²) in [5, 5.41) is 7.73. The van der Waals surface area contributed by atoms with E-state index < -0.39 is 0 Å². The molecule has 1 N–H and O–H groups in total. The average molecular weight is 229 g/mol. The minimum atomic E-state index is 0.694. The van der Waals surface area contributed by atoms with E-state index >= 15 is 0 Å². The Morgan fingerprint density at radius 3 is 3.00 bits per heavy atom. The van der Waals surface area contributed by atoms with Crippen LogP contribution in [0.25, 0.3) is 11.4 Å². The van der Waals surface area contributed by atoms with Gasteiger partial charge in [0.15, 0.2) is 5.82 Å². The average Bonchev–Trinajstić information content (AvgIpc) is 3.02. The Morgan fingerprint density at radius 2 is 2.24 bits per heavy atom. The van der Waals surface area contributed by atoms with Gasteiger partial charge in [0, 0.05) is 25.1 Å². The molecular formula is C12H15N5. The third kappa shape index (κ3) is 2.34. The summed E-state index contributed by atoms with van der Waals surface area (Å²) in [5.74, 6) is 1.43. The Kier molecular flexibility index (Phi) is 2.83. The summed E-state index contributed by atoms with van der Waals surface area (Å²) in [6.45, 7) is 3.19. The third-order valence-corrected chi connectivity index (χ3v) is 3.06. The predicted octanol–water partition coefficient (Wildman–Crippen LogP) is 0.950. The van der Waals surface area contributed by atoms with Crippen LogP contribution in [0.3, 0.4) is 0 Å². The normalized spacial score (nSPS) is 19.6. The Morgan fingerprint density at radius 1 is 1.35 bits per heavy atom. The van der Waals surface area contributed by atoms with Crippen molar-refractivity contribution < 1.29 is 0 Å². The Labute approximate surface area is 99.9 Å². The summed E-state index contributed by atoms with van der Waals surface area (Å²) in [7, 11) is 0. The molecule has 1 atom stereocenters. The summed E-state index contributed by atoms with van der Waals surface area (Å²) in [5.41, 5.74) is 0.983. The first-order valence-corrected chi connectivity index (χ1v) is 5.92. The van der Waals surface area contributed by atoms with Crippen molar-refractivity contribution in [2.24, 2.45) is 5.92 Å². The molecule has 88 valence electrons. The lowest BCUT2D eigenvalue weighted by molar-refractivity contribution is 0.449. The van der Waals surface area contributed by atoms with Gasteiger partial charge in [-0.3, -0.25) is 4.68 Å². The first-order valence-electron chi connectivity index (χ1n) is 5.92. The first kappa shape index (κ1) is 10.4. The van der Waals surface area contributed by atoms with Crippen LogP contribution in [0.4, 0.5) is 0 Å². The van der Waals surface area contributed by atoms with Gasteiger partial charge in [0.1, 0.15) is 0 Å². The van der Waals surface area contributed by atoms with Crippen LogP contribution in [0.15, 0.2) is 30.9 Å². The highest BCUT2D eigenvalue weighted by atomic mass is 15.3. The molecule has 5 heteroatoms. The van der Waals surface area contributed by atoms with Crippen molar-refractivity contribution in [1.82, 2.24) is 25.1 Å². The second-order valence-corrected chi connectivity index (χ2v) is 4.38. The Bertz CT molecular complexity index is 473. The van der Waals surface area contributed by atoms with Crippen LogP contribution in [0.2, 0.25) is 0 Å². The van der Waals surface area contributed by atoms with E-state index in [1.54, 1.807) is 12.4 Å². The maximum atomic E-state index is 4.36. The molecule has 1 fully saturated rings. The van der Waals surface area contributed by atoms with Gasteiger partial charge in [-0.25, -0.2) is 9.97 Å². The van der Waals surface area contributed by atoms with Crippen LogP contribution >= 0.6 is 0 Å². The molecule has 2 aromatic heterocycles. The molecule has 0 spiro atoms. The molecule has 3 rings (SSSR count). The van der Waals surface area contributed by atoms with Crippen LogP contribution in [0, 0.1) is 5.92 Å². The van der Waals surface area contributed by atoms with E-state index in [1.165, 1.54) is 6.42 Å². The van der Waals surface area contributed by atoms with E-state index in [1.807, 2.05) is 23.1 Å². The van der Waals surface area contributed by atoms with E-state index in [0.29, 0.717) is 5.92 Å². The van der Waals surface area contributed by atoms with Gasteiger partial charge >= 0.3 is 0 Å². The number of nitrogens with zero attached hydrogens (tertiary/aromatic N) is 4. The highest BCUT2D eigenvalue weighted by molar-refractivity contribution is 5.51. The molecular weight excluding hydrogens is 214 g/mol. The van der Waals surface area contributed by atoms with Crippen molar-refractivity contribution in [2.75, 3.05) is 13.1 Å². The molecule has 1 aliphatic heterocycles. The summed E-state index contributed by atoms with van der Waals surface area (Å²) in [6.07, 6.45) is 8.59. The van der Waals surface area contributed by atoms with Crippen molar-refractivity contribution in [1.29, 1.82) is 0 Å². The van der Waals surface area contributed by atoms with E-state index in [4.69, 9.17) is 0 Å². The maximum Gasteiger partial charge on any atom is 0.162 e. The minimum Gasteiger partial charge on any atom is -0.316 e. The molecule has 1 saturated heterocycles. The SMILES string of the molecule is c1cnc(-c2cnn(CC3CCNC3)c2)nc1. The minimum absolute atomic E-state index is 0.694. The lowest BCUT2D eigenvalue weighted by atomic mass is 10.1. The lowest BCUT2D eigenvalue weighted by Gasteiger charge is -2.07. The highest BCUT2D eigenvalue weighted by Crippen LogP contribution is 2.15. The quantitative estimate of drug-likeness (QED) is 0.851. The topological polar surface area (TPSA) is 55.6 Å². The summed E-state index contributed by atoms with van der Waals surface area (Å²) in [4.78, 5) is 8.43. The third-order valence-electron chi connectivity index (χ3n) is 3.06. The number of rotatable bonds is 3. The zero-order valence-corrected chi connectivity index (χ0v) is 9.58. The van der Waals surface area contributed by atoms with Crippen LogP contribution in [-0.4, -0.2) is 32.8 Å². The van der Waals surface area contributed by atoms with E-state index in [9.17, 15) is 0 Å². The van der Waals surface area contributed by atoms with Crippen molar-refractivity contribution in [3.63, 3.8) is 0 Å². The van der Waals surface area contributed by atoms with Gasteiger partial charge in [0.05, 0.1) is 11.8 Å².